The maximum absolute atomic E-state index is 13.1. The van der Waals surface area contributed by atoms with Crippen molar-refractivity contribution in [1.29, 1.82) is 0 Å². The summed E-state index contributed by atoms with van der Waals surface area (Å²) in [7, 11) is -3.92. The fraction of sp³-hybridized carbons (Fsp3) is 0.417. The number of carbonyl (C=O) groups is 2. The van der Waals surface area contributed by atoms with E-state index in [1.807, 2.05) is 0 Å². The molecule has 0 spiro atoms. The van der Waals surface area contributed by atoms with Crippen molar-refractivity contribution in [2.75, 3.05) is 29.3 Å². The van der Waals surface area contributed by atoms with E-state index in [1.54, 1.807) is 41.3 Å². The standard InChI is InChI=1S/C24H27N3O5S/c28-23(25-15-18-4-3-13-32-18)20-5-1-2-6-21(20)26-33(30,31)19-9-10-22-17(14-19)11-12-27(22)24(29)16-7-8-16/h1-2,5-6,9-10,14,16,18,26H,3-4,7-8,11-13,15H2,(H,25,28)/t18-/m0/s1. The van der Waals surface area contributed by atoms with Crippen LogP contribution in [0.15, 0.2) is 47.4 Å². The third-order valence-electron chi connectivity index (χ3n) is 6.38. The lowest BCUT2D eigenvalue weighted by atomic mass is 10.1. The van der Waals surface area contributed by atoms with Crippen LogP contribution in [0, 0.1) is 5.92 Å². The molecule has 0 unspecified atom stereocenters. The summed E-state index contributed by atoms with van der Waals surface area (Å²) < 4.78 is 34.4. The fourth-order valence-electron chi connectivity index (χ4n) is 4.41. The molecule has 5 rings (SSSR count). The molecule has 2 heterocycles. The Morgan fingerprint density at radius 1 is 1.09 bits per heavy atom. The summed E-state index contributed by atoms with van der Waals surface area (Å²) in [5.74, 6) is -0.110. The Morgan fingerprint density at radius 2 is 1.91 bits per heavy atom. The second-order valence-corrected chi connectivity index (χ2v) is 10.5. The third kappa shape index (κ3) is 4.60. The zero-order valence-corrected chi connectivity index (χ0v) is 19.1. The highest BCUT2D eigenvalue weighted by atomic mass is 32.2. The Kier molecular flexibility index (Phi) is 5.84. The van der Waals surface area contributed by atoms with Crippen LogP contribution < -0.4 is 14.9 Å². The van der Waals surface area contributed by atoms with Gasteiger partial charge in [0.2, 0.25) is 5.91 Å². The number of nitrogens with zero attached hydrogens (tertiary/aromatic N) is 1. The predicted molar refractivity (Wildman–Crippen MR) is 124 cm³/mol. The summed E-state index contributed by atoms with van der Waals surface area (Å²) in [5.41, 5.74) is 2.10. The van der Waals surface area contributed by atoms with Crippen LogP contribution in [0.25, 0.3) is 0 Å². The minimum atomic E-state index is -3.92. The minimum absolute atomic E-state index is 0.00409. The van der Waals surface area contributed by atoms with Crippen LogP contribution in [0.1, 0.15) is 41.6 Å². The van der Waals surface area contributed by atoms with Gasteiger partial charge in [0.15, 0.2) is 0 Å². The summed E-state index contributed by atoms with van der Waals surface area (Å²) in [4.78, 5) is 27.1. The zero-order valence-electron chi connectivity index (χ0n) is 18.2. The first kappa shape index (κ1) is 21.9. The summed E-state index contributed by atoms with van der Waals surface area (Å²) >= 11 is 0. The average molecular weight is 470 g/mol. The van der Waals surface area contributed by atoms with Crippen LogP contribution in [-0.4, -0.2) is 46.0 Å². The SMILES string of the molecule is O=C(NC[C@@H]1CCCO1)c1ccccc1NS(=O)(=O)c1ccc2c(c1)CCN2C(=O)C1CC1. The minimum Gasteiger partial charge on any atom is -0.376 e. The van der Waals surface area contributed by atoms with Crippen molar-refractivity contribution >= 4 is 33.2 Å². The number of benzene rings is 2. The molecule has 8 nitrogen and oxygen atoms in total. The molecule has 0 bridgehead atoms. The number of hydrogen-bond donors (Lipinski definition) is 2. The van der Waals surface area contributed by atoms with E-state index >= 15 is 0 Å². The maximum atomic E-state index is 13.1. The number of para-hydroxylation sites is 1. The van der Waals surface area contributed by atoms with Crippen molar-refractivity contribution in [3.05, 3.63) is 53.6 Å². The molecule has 1 saturated heterocycles. The van der Waals surface area contributed by atoms with Crippen LogP contribution in [-0.2, 0) is 26.0 Å². The highest BCUT2D eigenvalue weighted by Crippen LogP contribution is 2.37. The predicted octanol–water partition coefficient (Wildman–Crippen LogP) is 2.70. The number of hydrogen-bond acceptors (Lipinski definition) is 5. The van der Waals surface area contributed by atoms with Crippen molar-refractivity contribution in [3.63, 3.8) is 0 Å². The average Bonchev–Trinajstić information content (AvgIpc) is 3.36. The molecular weight excluding hydrogens is 442 g/mol. The lowest BCUT2D eigenvalue weighted by Gasteiger charge is -2.17. The van der Waals surface area contributed by atoms with Gasteiger partial charge in [-0.15, -0.1) is 0 Å². The number of rotatable bonds is 7. The molecule has 9 heteroatoms. The summed E-state index contributed by atoms with van der Waals surface area (Å²) in [6.07, 6.45) is 4.36. The molecule has 1 saturated carbocycles. The highest BCUT2D eigenvalue weighted by molar-refractivity contribution is 7.92. The Hall–Kier alpha value is -2.91. The Labute approximate surface area is 193 Å². The first-order chi connectivity index (χ1) is 15.9. The van der Waals surface area contributed by atoms with E-state index in [0.29, 0.717) is 26.1 Å². The summed E-state index contributed by atoms with van der Waals surface area (Å²) in [6.45, 7) is 1.67. The molecule has 2 fully saturated rings. The Morgan fingerprint density at radius 3 is 2.67 bits per heavy atom. The maximum Gasteiger partial charge on any atom is 0.261 e. The second kappa shape index (κ2) is 8.79. The zero-order chi connectivity index (χ0) is 23.0. The molecule has 174 valence electrons. The quantitative estimate of drug-likeness (QED) is 0.649. The highest BCUT2D eigenvalue weighted by Gasteiger charge is 2.36. The van der Waals surface area contributed by atoms with E-state index < -0.39 is 10.0 Å². The largest absolute Gasteiger partial charge is 0.376 e. The molecule has 0 radical (unpaired) electrons. The number of carbonyl (C=O) groups excluding carboxylic acids is 2. The molecule has 2 aliphatic heterocycles. The van der Waals surface area contributed by atoms with Gasteiger partial charge in [0.25, 0.3) is 15.9 Å². The number of fused-ring (bicyclic) bond motifs is 1. The van der Waals surface area contributed by atoms with E-state index in [9.17, 15) is 18.0 Å². The topological polar surface area (TPSA) is 105 Å². The van der Waals surface area contributed by atoms with Crippen LogP contribution >= 0.6 is 0 Å². The van der Waals surface area contributed by atoms with Crippen LogP contribution in [0.2, 0.25) is 0 Å². The van der Waals surface area contributed by atoms with Gasteiger partial charge in [-0.2, -0.15) is 0 Å². The Balaban J connectivity index is 1.32. The smallest absolute Gasteiger partial charge is 0.261 e. The third-order valence-corrected chi connectivity index (χ3v) is 7.74. The molecule has 2 aromatic rings. The van der Waals surface area contributed by atoms with Gasteiger partial charge in [-0.3, -0.25) is 14.3 Å². The monoisotopic (exact) mass is 469 g/mol. The normalized spacial score (nSPS) is 19.9. The van der Waals surface area contributed by atoms with Gasteiger partial charge in [0.1, 0.15) is 0 Å². The molecule has 33 heavy (non-hydrogen) atoms. The molecule has 2 aromatic carbocycles. The van der Waals surface area contributed by atoms with Gasteiger partial charge in [-0.25, -0.2) is 8.42 Å². The molecule has 2 N–H and O–H groups in total. The number of amides is 2. The van der Waals surface area contributed by atoms with E-state index in [-0.39, 0.29) is 40.0 Å². The number of sulfonamides is 1. The van der Waals surface area contributed by atoms with Crippen molar-refractivity contribution < 1.29 is 22.7 Å². The van der Waals surface area contributed by atoms with Gasteiger partial charge in [0, 0.05) is 31.3 Å². The number of ether oxygens (including phenoxy) is 1. The second-order valence-electron chi connectivity index (χ2n) is 8.80. The molecular formula is C24H27N3O5S. The van der Waals surface area contributed by atoms with Crippen molar-refractivity contribution in [2.45, 2.75) is 43.1 Å². The van der Waals surface area contributed by atoms with Crippen LogP contribution in [0.4, 0.5) is 11.4 Å². The molecule has 3 aliphatic rings. The lowest BCUT2D eigenvalue weighted by Crippen LogP contribution is -2.32. The van der Waals surface area contributed by atoms with Crippen molar-refractivity contribution in [1.82, 2.24) is 5.32 Å². The lowest BCUT2D eigenvalue weighted by molar-refractivity contribution is -0.119. The molecule has 2 amide bonds. The van der Waals surface area contributed by atoms with Crippen molar-refractivity contribution in [3.8, 4) is 0 Å². The molecule has 1 atom stereocenters. The fourth-order valence-corrected chi connectivity index (χ4v) is 5.54. The van der Waals surface area contributed by atoms with E-state index in [1.165, 1.54) is 6.07 Å². The number of nitrogens with one attached hydrogen (secondary N) is 2. The van der Waals surface area contributed by atoms with Crippen LogP contribution in [0.3, 0.4) is 0 Å². The Bertz CT molecular complexity index is 1190. The number of anilines is 2. The van der Waals surface area contributed by atoms with Gasteiger partial charge in [-0.1, -0.05) is 12.1 Å². The van der Waals surface area contributed by atoms with E-state index in [2.05, 4.69) is 10.0 Å². The van der Waals surface area contributed by atoms with Crippen molar-refractivity contribution in [2.24, 2.45) is 5.92 Å². The van der Waals surface area contributed by atoms with Gasteiger partial charge >= 0.3 is 0 Å². The first-order valence-corrected chi connectivity index (χ1v) is 12.9. The van der Waals surface area contributed by atoms with Gasteiger partial charge in [0.05, 0.1) is 22.3 Å². The summed E-state index contributed by atoms with van der Waals surface area (Å²) in [5, 5.41) is 2.83. The molecule has 0 aromatic heterocycles. The first-order valence-electron chi connectivity index (χ1n) is 11.4. The summed E-state index contributed by atoms with van der Waals surface area (Å²) in [6, 6.07) is 11.4. The molecule has 1 aliphatic carbocycles. The van der Waals surface area contributed by atoms with E-state index in [0.717, 1.165) is 36.9 Å². The van der Waals surface area contributed by atoms with Crippen LogP contribution in [0.5, 0.6) is 0 Å². The van der Waals surface area contributed by atoms with E-state index in [4.69, 9.17) is 4.74 Å². The van der Waals surface area contributed by atoms with Gasteiger partial charge in [-0.05, 0) is 68.0 Å². The van der Waals surface area contributed by atoms with Gasteiger partial charge < -0.3 is 15.0 Å².